The second kappa shape index (κ2) is 9.82. The van der Waals surface area contributed by atoms with E-state index in [2.05, 4.69) is 15.2 Å². The summed E-state index contributed by atoms with van der Waals surface area (Å²) in [7, 11) is 1.30. The molecule has 1 heterocycles. The highest BCUT2D eigenvalue weighted by atomic mass is 35.5. The average molecular weight is 458 g/mol. The van der Waals surface area contributed by atoms with E-state index in [-0.39, 0.29) is 25.6 Å². The molecule has 2 aromatic rings. The number of anilines is 1. The van der Waals surface area contributed by atoms with Crippen LogP contribution in [-0.4, -0.2) is 55.4 Å². The van der Waals surface area contributed by atoms with Crippen LogP contribution in [0.25, 0.3) is 0 Å². The number of hydrogen-bond donors (Lipinski definition) is 1. The van der Waals surface area contributed by atoms with Gasteiger partial charge in [-0.2, -0.15) is 5.10 Å². The summed E-state index contributed by atoms with van der Waals surface area (Å²) in [5.74, 6) is -1.18. The van der Waals surface area contributed by atoms with Crippen molar-refractivity contribution in [2.75, 3.05) is 32.1 Å². The summed E-state index contributed by atoms with van der Waals surface area (Å²) in [4.78, 5) is 36.9. The fraction of sp³-hybridized carbons (Fsp3) is 0.304. The third kappa shape index (κ3) is 5.08. The number of rotatable bonds is 7. The molecule has 32 heavy (non-hydrogen) atoms. The number of carbonyl (C=O) groups excluding carboxylic acids is 3. The molecule has 1 amide bonds. The summed E-state index contributed by atoms with van der Waals surface area (Å²) < 4.78 is 9.94. The third-order valence-corrected chi connectivity index (χ3v) is 5.27. The Hall–Kier alpha value is -3.39. The van der Waals surface area contributed by atoms with E-state index < -0.39 is 17.4 Å². The second-order valence-corrected chi connectivity index (χ2v) is 7.88. The summed E-state index contributed by atoms with van der Waals surface area (Å²) in [6.45, 7) is 3.86. The van der Waals surface area contributed by atoms with Gasteiger partial charge in [-0.3, -0.25) is 14.6 Å². The summed E-state index contributed by atoms with van der Waals surface area (Å²) >= 11 is 5.99. The summed E-state index contributed by atoms with van der Waals surface area (Å²) in [6.07, 6.45) is 0. The first-order chi connectivity index (χ1) is 15.3. The number of amides is 1. The molecule has 2 aromatic carbocycles. The van der Waals surface area contributed by atoms with Gasteiger partial charge in [0, 0.05) is 10.7 Å². The average Bonchev–Trinajstić information content (AvgIpc) is 3.11. The minimum absolute atomic E-state index is 0.0646. The molecule has 8 nitrogen and oxygen atoms in total. The molecule has 1 N–H and O–H groups in total. The molecular formula is C23H24ClN3O5. The van der Waals surface area contributed by atoms with Gasteiger partial charge in [0.1, 0.15) is 12.0 Å². The van der Waals surface area contributed by atoms with Gasteiger partial charge in [0.15, 0.2) is 0 Å². The van der Waals surface area contributed by atoms with Crippen molar-refractivity contribution in [3.05, 3.63) is 64.7 Å². The number of carbonyl (C=O) groups is 3. The van der Waals surface area contributed by atoms with E-state index in [0.29, 0.717) is 22.0 Å². The smallest absolute Gasteiger partial charge is 0.337 e. The van der Waals surface area contributed by atoms with Crippen LogP contribution in [0.1, 0.15) is 29.8 Å². The highest BCUT2D eigenvalue weighted by molar-refractivity contribution is 6.30. The summed E-state index contributed by atoms with van der Waals surface area (Å²) in [5.41, 5.74) is 1.12. The Labute approximate surface area is 191 Å². The number of methoxy groups -OCH3 is 1. The normalized spacial score (nSPS) is 17.5. The molecule has 0 aromatic heterocycles. The Morgan fingerprint density at radius 1 is 1.12 bits per heavy atom. The lowest BCUT2D eigenvalue weighted by Gasteiger charge is -2.24. The molecule has 0 saturated carbocycles. The van der Waals surface area contributed by atoms with E-state index in [1.54, 1.807) is 67.4 Å². The number of esters is 2. The van der Waals surface area contributed by atoms with Crippen molar-refractivity contribution in [1.82, 2.24) is 5.01 Å². The Morgan fingerprint density at radius 3 is 2.38 bits per heavy atom. The van der Waals surface area contributed by atoms with Crippen LogP contribution in [0.4, 0.5) is 5.69 Å². The molecule has 1 aliphatic rings. The van der Waals surface area contributed by atoms with E-state index in [1.807, 2.05) is 0 Å². The van der Waals surface area contributed by atoms with Gasteiger partial charge in [0.25, 0.3) is 0 Å². The fourth-order valence-corrected chi connectivity index (χ4v) is 3.55. The van der Waals surface area contributed by atoms with Gasteiger partial charge in [-0.05, 0) is 55.8 Å². The Morgan fingerprint density at radius 2 is 1.78 bits per heavy atom. The molecule has 0 aliphatic carbocycles. The van der Waals surface area contributed by atoms with Gasteiger partial charge in [-0.15, -0.1) is 0 Å². The van der Waals surface area contributed by atoms with Crippen molar-refractivity contribution >= 4 is 40.8 Å². The largest absolute Gasteiger partial charge is 0.465 e. The number of ether oxygens (including phenoxy) is 2. The summed E-state index contributed by atoms with van der Waals surface area (Å²) in [6, 6.07) is 13.4. The molecule has 1 unspecified atom stereocenters. The molecule has 0 spiro atoms. The molecular weight excluding hydrogens is 434 g/mol. The minimum Gasteiger partial charge on any atom is -0.465 e. The Kier molecular flexibility index (Phi) is 7.15. The molecule has 0 saturated heterocycles. The lowest BCUT2D eigenvalue weighted by atomic mass is 9.82. The van der Waals surface area contributed by atoms with Crippen LogP contribution in [0.5, 0.6) is 0 Å². The van der Waals surface area contributed by atoms with Crippen molar-refractivity contribution in [2.45, 2.75) is 13.8 Å². The minimum atomic E-state index is -1.04. The Bertz CT molecular complexity index is 1040. The second-order valence-electron chi connectivity index (χ2n) is 7.45. The number of nitrogens with one attached hydrogen (secondary N) is 1. The standard InChI is InChI=1S/C23H24ClN3O5/c1-4-32-22(30)23(2)14-27(26-20(23)15-5-9-17(24)10-6-15)13-19(28)25-18-11-7-16(8-12-18)21(29)31-3/h5-12H,4,13-14H2,1-3H3,(H,25,28). The zero-order chi connectivity index (χ0) is 23.3. The van der Waals surface area contributed by atoms with Crippen molar-refractivity contribution < 1.29 is 23.9 Å². The zero-order valence-electron chi connectivity index (χ0n) is 18.1. The third-order valence-electron chi connectivity index (χ3n) is 5.02. The van der Waals surface area contributed by atoms with Crippen molar-refractivity contribution in [3.63, 3.8) is 0 Å². The van der Waals surface area contributed by atoms with Crippen LogP contribution >= 0.6 is 11.6 Å². The number of nitrogens with zero attached hydrogens (tertiary/aromatic N) is 2. The quantitative estimate of drug-likeness (QED) is 0.640. The van der Waals surface area contributed by atoms with Gasteiger partial charge in [0.2, 0.25) is 5.91 Å². The van der Waals surface area contributed by atoms with Crippen LogP contribution in [-0.2, 0) is 19.1 Å². The van der Waals surface area contributed by atoms with Crippen LogP contribution in [0.15, 0.2) is 53.6 Å². The summed E-state index contributed by atoms with van der Waals surface area (Å²) in [5, 5.41) is 9.43. The molecule has 0 bridgehead atoms. The number of benzene rings is 2. The SMILES string of the molecule is CCOC(=O)C1(C)CN(CC(=O)Nc2ccc(C(=O)OC)cc2)N=C1c1ccc(Cl)cc1. The maximum absolute atomic E-state index is 12.8. The van der Waals surface area contributed by atoms with Crippen molar-refractivity contribution in [1.29, 1.82) is 0 Å². The molecule has 0 fully saturated rings. The molecule has 0 radical (unpaired) electrons. The zero-order valence-corrected chi connectivity index (χ0v) is 18.8. The van der Waals surface area contributed by atoms with E-state index in [9.17, 15) is 14.4 Å². The number of hydrazone groups is 1. The van der Waals surface area contributed by atoms with E-state index in [1.165, 1.54) is 7.11 Å². The fourth-order valence-electron chi connectivity index (χ4n) is 3.43. The van der Waals surface area contributed by atoms with Gasteiger partial charge in [-0.1, -0.05) is 23.7 Å². The van der Waals surface area contributed by atoms with Gasteiger partial charge >= 0.3 is 11.9 Å². The monoisotopic (exact) mass is 457 g/mol. The highest BCUT2D eigenvalue weighted by Gasteiger charge is 2.47. The number of hydrogen-bond acceptors (Lipinski definition) is 7. The van der Waals surface area contributed by atoms with Crippen LogP contribution in [0.3, 0.4) is 0 Å². The maximum Gasteiger partial charge on any atom is 0.337 e. The van der Waals surface area contributed by atoms with Gasteiger partial charge < -0.3 is 14.8 Å². The lowest BCUT2D eigenvalue weighted by molar-refractivity contribution is -0.150. The molecule has 1 aliphatic heterocycles. The van der Waals surface area contributed by atoms with Crippen molar-refractivity contribution in [3.8, 4) is 0 Å². The van der Waals surface area contributed by atoms with Gasteiger partial charge in [-0.25, -0.2) is 4.79 Å². The first kappa shape index (κ1) is 23.3. The van der Waals surface area contributed by atoms with E-state index >= 15 is 0 Å². The first-order valence-corrected chi connectivity index (χ1v) is 10.4. The van der Waals surface area contributed by atoms with Crippen LogP contribution < -0.4 is 5.32 Å². The van der Waals surface area contributed by atoms with E-state index in [4.69, 9.17) is 16.3 Å². The maximum atomic E-state index is 12.8. The topological polar surface area (TPSA) is 97.3 Å². The highest BCUT2D eigenvalue weighted by Crippen LogP contribution is 2.33. The first-order valence-electron chi connectivity index (χ1n) is 10.0. The lowest BCUT2D eigenvalue weighted by Crippen LogP contribution is -2.41. The van der Waals surface area contributed by atoms with Gasteiger partial charge in [0.05, 0.1) is 31.5 Å². The van der Waals surface area contributed by atoms with Crippen molar-refractivity contribution in [2.24, 2.45) is 10.5 Å². The Balaban J connectivity index is 1.75. The van der Waals surface area contributed by atoms with Crippen LogP contribution in [0.2, 0.25) is 5.02 Å². The number of halogens is 1. The predicted molar refractivity (Wildman–Crippen MR) is 121 cm³/mol. The molecule has 168 valence electrons. The molecule has 1 atom stereocenters. The van der Waals surface area contributed by atoms with Crippen LogP contribution in [0, 0.1) is 5.41 Å². The molecule has 9 heteroatoms. The van der Waals surface area contributed by atoms with E-state index in [0.717, 1.165) is 5.56 Å². The molecule has 3 rings (SSSR count). The predicted octanol–water partition coefficient (Wildman–Crippen LogP) is 3.35.